The Balaban J connectivity index is 1.57. The molecule has 3 nitrogen and oxygen atoms in total. The lowest BCUT2D eigenvalue weighted by Crippen LogP contribution is -2.22. The number of nitrogens with zero attached hydrogens (tertiary/aromatic N) is 3. The van der Waals surface area contributed by atoms with Crippen LogP contribution in [0.25, 0.3) is 5.65 Å². The Bertz CT molecular complexity index is 828. The van der Waals surface area contributed by atoms with Crippen LogP contribution in [-0.2, 0) is 6.54 Å². The van der Waals surface area contributed by atoms with E-state index in [9.17, 15) is 4.39 Å². The molecule has 0 N–H and O–H groups in total. The summed E-state index contributed by atoms with van der Waals surface area (Å²) < 4.78 is 15.1. The first-order valence-electron chi connectivity index (χ1n) is 7.82. The quantitative estimate of drug-likeness (QED) is 0.707. The van der Waals surface area contributed by atoms with Crippen LogP contribution in [0.4, 0.5) is 4.39 Å². The van der Waals surface area contributed by atoms with Gasteiger partial charge in [-0.15, -0.1) is 0 Å². The molecule has 0 amide bonds. The van der Waals surface area contributed by atoms with Gasteiger partial charge in [-0.05, 0) is 49.2 Å². The van der Waals surface area contributed by atoms with Gasteiger partial charge in [-0.25, -0.2) is 9.37 Å². The van der Waals surface area contributed by atoms with E-state index in [0.717, 1.165) is 37.3 Å². The number of likely N-dealkylation sites (tertiary alicyclic amines) is 1. The second-order valence-corrected chi connectivity index (χ2v) is 6.46. The van der Waals surface area contributed by atoms with Crippen LogP contribution in [-0.4, -0.2) is 20.8 Å². The van der Waals surface area contributed by atoms with Crippen LogP contribution in [0.5, 0.6) is 0 Å². The molecule has 23 heavy (non-hydrogen) atoms. The smallest absolute Gasteiger partial charge is 0.137 e. The zero-order valence-corrected chi connectivity index (χ0v) is 13.4. The number of benzene rings is 1. The van der Waals surface area contributed by atoms with Crippen molar-refractivity contribution >= 4 is 17.2 Å². The Morgan fingerprint density at radius 1 is 1.13 bits per heavy atom. The molecule has 0 bridgehead atoms. The molecule has 1 saturated heterocycles. The Morgan fingerprint density at radius 2 is 1.96 bits per heavy atom. The van der Waals surface area contributed by atoms with E-state index in [1.807, 2.05) is 41.1 Å². The number of hydrogen-bond donors (Lipinski definition) is 0. The van der Waals surface area contributed by atoms with Crippen molar-refractivity contribution in [3.63, 3.8) is 0 Å². The minimum absolute atomic E-state index is 0.185. The summed E-state index contributed by atoms with van der Waals surface area (Å²) in [5, 5.41) is 0.701. The van der Waals surface area contributed by atoms with Crippen molar-refractivity contribution in [2.75, 3.05) is 6.54 Å². The third-order valence-corrected chi connectivity index (χ3v) is 4.67. The highest BCUT2D eigenvalue weighted by Gasteiger charge is 2.26. The van der Waals surface area contributed by atoms with E-state index in [4.69, 9.17) is 11.6 Å². The summed E-state index contributed by atoms with van der Waals surface area (Å²) >= 11 is 6.02. The van der Waals surface area contributed by atoms with Crippen LogP contribution in [0, 0.1) is 5.82 Å². The Kier molecular flexibility index (Phi) is 3.79. The fraction of sp³-hybridized carbons (Fsp3) is 0.278. The van der Waals surface area contributed by atoms with Crippen molar-refractivity contribution in [2.24, 2.45) is 0 Å². The van der Waals surface area contributed by atoms with Gasteiger partial charge in [-0.1, -0.05) is 23.7 Å². The van der Waals surface area contributed by atoms with Gasteiger partial charge in [0.05, 0.1) is 10.7 Å². The average molecular weight is 330 g/mol. The maximum absolute atomic E-state index is 13.1. The molecule has 118 valence electrons. The average Bonchev–Trinajstić information content (AvgIpc) is 3.14. The molecule has 0 saturated carbocycles. The molecule has 4 rings (SSSR count). The Hall–Kier alpha value is -1.91. The minimum atomic E-state index is -0.185. The molecule has 1 aliphatic heterocycles. The monoisotopic (exact) mass is 329 g/mol. The minimum Gasteiger partial charge on any atom is -0.305 e. The van der Waals surface area contributed by atoms with Crippen LogP contribution < -0.4 is 0 Å². The van der Waals surface area contributed by atoms with E-state index in [2.05, 4.69) is 9.88 Å². The van der Waals surface area contributed by atoms with E-state index in [0.29, 0.717) is 11.1 Å². The molecule has 1 aliphatic rings. The lowest BCUT2D eigenvalue weighted by Gasteiger charge is -2.23. The first-order valence-corrected chi connectivity index (χ1v) is 8.19. The summed E-state index contributed by atoms with van der Waals surface area (Å²) in [4.78, 5) is 7.08. The van der Waals surface area contributed by atoms with Gasteiger partial charge in [0, 0.05) is 25.0 Å². The van der Waals surface area contributed by atoms with Crippen molar-refractivity contribution in [1.29, 1.82) is 0 Å². The SMILES string of the molecule is Fc1ccc([C@@H]2CCCN2Cc2cn3cc(Cl)ccc3n2)cc1. The lowest BCUT2D eigenvalue weighted by atomic mass is 10.0. The molecule has 3 heterocycles. The standard InChI is InChI=1S/C18H17ClFN3/c19-14-5-8-18-21-16(12-23(18)10-14)11-22-9-1-2-17(22)13-3-6-15(20)7-4-13/h3-8,10,12,17H,1-2,9,11H2/t17-/m0/s1. The second-order valence-electron chi connectivity index (χ2n) is 6.03. The lowest BCUT2D eigenvalue weighted by molar-refractivity contribution is 0.246. The van der Waals surface area contributed by atoms with Gasteiger partial charge in [0.15, 0.2) is 0 Å². The summed E-state index contributed by atoms with van der Waals surface area (Å²) in [6.07, 6.45) is 6.15. The van der Waals surface area contributed by atoms with Crippen molar-refractivity contribution in [3.05, 3.63) is 70.9 Å². The summed E-state index contributed by atoms with van der Waals surface area (Å²) in [5.41, 5.74) is 3.11. The largest absolute Gasteiger partial charge is 0.305 e. The van der Waals surface area contributed by atoms with Gasteiger partial charge >= 0.3 is 0 Å². The van der Waals surface area contributed by atoms with Gasteiger partial charge in [-0.2, -0.15) is 0 Å². The zero-order chi connectivity index (χ0) is 15.8. The van der Waals surface area contributed by atoms with E-state index >= 15 is 0 Å². The predicted molar refractivity (Wildman–Crippen MR) is 89.0 cm³/mol. The normalized spacial score (nSPS) is 18.8. The molecule has 0 radical (unpaired) electrons. The number of imidazole rings is 1. The first-order chi connectivity index (χ1) is 11.2. The Labute approximate surface area is 139 Å². The number of fused-ring (bicyclic) bond motifs is 1. The highest BCUT2D eigenvalue weighted by atomic mass is 35.5. The van der Waals surface area contributed by atoms with Crippen LogP contribution in [0.1, 0.15) is 30.1 Å². The second kappa shape index (κ2) is 5.95. The summed E-state index contributed by atoms with van der Waals surface area (Å²) in [7, 11) is 0. The van der Waals surface area contributed by atoms with Gasteiger partial charge in [-0.3, -0.25) is 4.90 Å². The van der Waals surface area contributed by atoms with E-state index < -0.39 is 0 Å². The molecule has 5 heteroatoms. The molecule has 0 unspecified atom stereocenters. The van der Waals surface area contributed by atoms with Gasteiger partial charge in [0.25, 0.3) is 0 Å². The topological polar surface area (TPSA) is 20.5 Å². The zero-order valence-electron chi connectivity index (χ0n) is 12.6. The van der Waals surface area contributed by atoms with Gasteiger partial charge < -0.3 is 4.40 Å². The van der Waals surface area contributed by atoms with Crippen molar-refractivity contribution < 1.29 is 4.39 Å². The van der Waals surface area contributed by atoms with Crippen molar-refractivity contribution in [2.45, 2.75) is 25.4 Å². The van der Waals surface area contributed by atoms with Crippen molar-refractivity contribution in [1.82, 2.24) is 14.3 Å². The summed E-state index contributed by atoms with van der Waals surface area (Å²) in [5.74, 6) is -0.185. The van der Waals surface area contributed by atoms with Crippen LogP contribution in [0.3, 0.4) is 0 Å². The van der Waals surface area contributed by atoms with Crippen LogP contribution >= 0.6 is 11.6 Å². The third kappa shape index (κ3) is 2.96. The fourth-order valence-electron chi connectivity index (χ4n) is 3.38. The first kappa shape index (κ1) is 14.7. The molecule has 3 aromatic rings. The summed E-state index contributed by atoms with van der Waals surface area (Å²) in [6, 6.07) is 11.0. The molecule has 1 aromatic carbocycles. The van der Waals surface area contributed by atoms with Crippen LogP contribution in [0.2, 0.25) is 5.02 Å². The number of halogens is 2. The van der Waals surface area contributed by atoms with E-state index in [1.165, 1.54) is 5.56 Å². The number of pyridine rings is 1. The molecule has 0 spiro atoms. The molecular weight excluding hydrogens is 313 g/mol. The van der Waals surface area contributed by atoms with Gasteiger partial charge in [0.2, 0.25) is 0 Å². The highest BCUT2D eigenvalue weighted by molar-refractivity contribution is 6.30. The molecule has 1 atom stereocenters. The van der Waals surface area contributed by atoms with E-state index in [-0.39, 0.29) is 5.82 Å². The van der Waals surface area contributed by atoms with Crippen LogP contribution in [0.15, 0.2) is 48.8 Å². The molecule has 0 aliphatic carbocycles. The maximum Gasteiger partial charge on any atom is 0.137 e. The predicted octanol–water partition coefficient (Wildman–Crippen LogP) is 4.46. The fourth-order valence-corrected chi connectivity index (χ4v) is 3.55. The molecule has 2 aromatic heterocycles. The molecule has 1 fully saturated rings. The highest BCUT2D eigenvalue weighted by Crippen LogP contribution is 2.33. The summed E-state index contributed by atoms with van der Waals surface area (Å²) in [6.45, 7) is 1.83. The number of aromatic nitrogens is 2. The third-order valence-electron chi connectivity index (χ3n) is 4.45. The maximum atomic E-state index is 13.1. The van der Waals surface area contributed by atoms with Crippen molar-refractivity contribution in [3.8, 4) is 0 Å². The Morgan fingerprint density at radius 3 is 2.78 bits per heavy atom. The van der Waals surface area contributed by atoms with Gasteiger partial charge in [0.1, 0.15) is 11.5 Å². The number of rotatable bonds is 3. The molecular formula is C18H17ClFN3. The number of hydrogen-bond acceptors (Lipinski definition) is 2. The van der Waals surface area contributed by atoms with E-state index in [1.54, 1.807) is 12.1 Å².